The van der Waals surface area contributed by atoms with Crippen molar-refractivity contribution in [3.8, 4) is 0 Å². The maximum absolute atomic E-state index is 12.8. The van der Waals surface area contributed by atoms with Crippen molar-refractivity contribution in [2.24, 2.45) is 5.92 Å². The molecule has 1 saturated heterocycles. The monoisotopic (exact) mass is 410 g/mol. The molecule has 8 heteroatoms. The number of rotatable bonds is 5. The largest absolute Gasteiger partial charge is 0.325 e. The number of nitrogens with one attached hydrogen (secondary N) is 1. The van der Waals surface area contributed by atoms with E-state index in [-0.39, 0.29) is 18.4 Å². The van der Waals surface area contributed by atoms with Crippen molar-refractivity contribution < 1.29 is 13.2 Å². The molecule has 1 aromatic heterocycles. The standard InChI is InChI=1S/C18H22N2O3S3/c1-13-9-10-17(25-13)26(22,23)20-11-5-6-14(12-20)18(21)19-15-7-3-4-8-16(15)24-2/h3-4,7-10,14H,5-6,11-12H2,1-2H3,(H,19,21)/t14-/m1/s1. The summed E-state index contributed by atoms with van der Waals surface area (Å²) < 4.78 is 27.5. The molecule has 0 bridgehead atoms. The minimum Gasteiger partial charge on any atom is -0.325 e. The van der Waals surface area contributed by atoms with Crippen LogP contribution in [0.3, 0.4) is 0 Å². The summed E-state index contributed by atoms with van der Waals surface area (Å²) in [7, 11) is -3.53. The minimum atomic E-state index is -3.53. The zero-order valence-electron chi connectivity index (χ0n) is 14.8. The molecule has 26 heavy (non-hydrogen) atoms. The number of para-hydroxylation sites is 1. The summed E-state index contributed by atoms with van der Waals surface area (Å²) in [6.07, 6.45) is 3.34. The number of piperidine rings is 1. The van der Waals surface area contributed by atoms with Crippen LogP contribution in [0, 0.1) is 12.8 Å². The van der Waals surface area contributed by atoms with Crippen LogP contribution in [0.4, 0.5) is 5.69 Å². The van der Waals surface area contributed by atoms with Gasteiger partial charge in [0.05, 0.1) is 11.6 Å². The fraction of sp³-hybridized carbons (Fsp3) is 0.389. The number of thioether (sulfide) groups is 1. The number of benzene rings is 1. The van der Waals surface area contributed by atoms with Gasteiger partial charge in [0.1, 0.15) is 4.21 Å². The third-order valence-corrected chi connectivity index (χ3v) is 8.56. The number of sulfonamides is 1. The first-order valence-electron chi connectivity index (χ1n) is 8.42. The summed E-state index contributed by atoms with van der Waals surface area (Å²) in [6, 6.07) is 11.1. The number of aryl methyl sites for hydroxylation is 1. The zero-order valence-corrected chi connectivity index (χ0v) is 17.2. The molecule has 140 valence electrons. The third-order valence-electron chi connectivity index (χ3n) is 4.43. The Kier molecular flexibility index (Phi) is 6.06. The number of thiophene rings is 1. The van der Waals surface area contributed by atoms with E-state index in [1.165, 1.54) is 15.6 Å². The van der Waals surface area contributed by atoms with Crippen LogP contribution in [-0.4, -0.2) is 38.0 Å². The first-order valence-corrected chi connectivity index (χ1v) is 11.9. The van der Waals surface area contributed by atoms with Gasteiger partial charge in [0.2, 0.25) is 5.91 Å². The Morgan fingerprint density at radius 2 is 2.04 bits per heavy atom. The molecule has 1 N–H and O–H groups in total. The van der Waals surface area contributed by atoms with Crippen LogP contribution in [0.2, 0.25) is 0 Å². The summed E-state index contributed by atoms with van der Waals surface area (Å²) in [6.45, 7) is 2.58. The molecular formula is C18H22N2O3S3. The Labute approximate surface area is 162 Å². The fourth-order valence-corrected chi connectivity index (χ4v) is 6.55. The molecule has 0 radical (unpaired) electrons. The molecule has 2 aromatic rings. The highest BCUT2D eigenvalue weighted by molar-refractivity contribution is 7.98. The molecule has 5 nitrogen and oxygen atoms in total. The van der Waals surface area contributed by atoms with Crippen molar-refractivity contribution in [1.82, 2.24) is 4.31 Å². The molecule has 0 aliphatic carbocycles. The SMILES string of the molecule is CSc1ccccc1NC(=O)[C@@H]1CCCN(S(=O)(=O)c2ccc(C)s2)C1. The number of anilines is 1. The number of amides is 1. The van der Waals surface area contributed by atoms with Gasteiger partial charge in [0.15, 0.2) is 0 Å². The first-order chi connectivity index (χ1) is 12.4. The quantitative estimate of drug-likeness (QED) is 0.761. The predicted octanol–water partition coefficient (Wildman–Crippen LogP) is 3.82. The molecule has 0 saturated carbocycles. The normalized spacial score (nSPS) is 18.6. The molecule has 0 spiro atoms. The number of nitrogens with zero attached hydrogens (tertiary/aromatic N) is 1. The average molecular weight is 411 g/mol. The van der Waals surface area contributed by atoms with Crippen LogP contribution in [0.5, 0.6) is 0 Å². The number of carbonyl (C=O) groups is 1. The van der Waals surface area contributed by atoms with Gasteiger partial charge in [-0.2, -0.15) is 4.31 Å². The van der Waals surface area contributed by atoms with Gasteiger partial charge in [-0.1, -0.05) is 12.1 Å². The van der Waals surface area contributed by atoms with Crippen LogP contribution in [0.25, 0.3) is 0 Å². The van der Waals surface area contributed by atoms with Crippen molar-refractivity contribution in [2.45, 2.75) is 28.9 Å². The topological polar surface area (TPSA) is 66.5 Å². The molecule has 0 unspecified atom stereocenters. The average Bonchev–Trinajstić information content (AvgIpc) is 3.09. The molecule has 1 fully saturated rings. The molecule has 3 rings (SSSR count). The second-order valence-corrected chi connectivity index (χ2v) is 10.6. The van der Waals surface area contributed by atoms with Gasteiger partial charge < -0.3 is 5.32 Å². The molecule has 2 heterocycles. The van der Waals surface area contributed by atoms with Crippen LogP contribution in [0.15, 0.2) is 45.5 Å². The lowest BCUT2D eigenvalue weighted by Crippen LogP contribution is -2.43. The summed E-state index contributed by atoms with van der Waals surface area (Å²) in [5.41, 5.74) is 0.777. The van der Waals surface area contributed by atoms with E-state index in [2.05, 4.69) is 5.32 Å². The van der Waals surface area contributed by atoms with E-state index in [0.29, 0.717) is 23.6 Å². The molecule has 1 atom stereocenters. The van der Waals surface area contributed by atoms with E-state index in [4.69, 9.17) is 0 Å². The number of hydrogen-bond acceptors (Lipinski definition) is 5. The van der Waals surface area contributed by atoms with Crippen molar-refractivity contribution in [3.05, 3.63) is 41.3 Å². The van der Waals surface area contributed by atoms with E-state index in [1.54, 1.807) is 17.8 Å². The Morgan fingerprint density at radius 1 is 1.27 bits per heavy atom. The first kappa shape index (κ1) is 19.4. The van der Waals surface area contributed by atoms with Gasteiger partial charge in [-0.25, -0.2) is 8.42 Å². The van der Waals surface area contributed by atoms with Crippen molar-refractivity contribution in [3.63, 3.8) is 0 Å². The van der Waals surface area contributed by atoms with Crippen molar-refractivity contribution in [1.29, 1.82) is 0 Å². The maximum Gasteiger partial charge on any atom is 0.252 e. The molecule has 1 aliphatic heterocycles. The Hall–Kier alpha value is -1.35. The lowest BCUT2D eigenvalue weighted by atomic mass is 9.99. The molecular weight excluding hydrogens is 388 g/mol. The molecule has 1 amide bonds. The van der Waals surface area contributed by atoms with Gasteiger partial charge in [-0.15, -0.1) is 23.1 Å². The van der Waals surface area contributed by atoms with Crippen LogP contribution >= 0.6 is 23.1 Å². The van der Waals surface area contributed by atoms with Crippen LogP contribution in [-0.2, 0) is 14.8 Å². The van der Waals surface area contributed by atoms with Gasteiger partial charge in [-0.05, 0) is 50.3 Å². The van der Waals surface area contributed by atoms with E-state index >= 15 is 0 Å². The highest BCUT2D eigenvalue weighted by atomic mass is 32.2. The lowest BCUT2D eigenvalue weighted by Gasteiger charge is -2.31. The second-order valence-electron chi connectivity index (χ2n) is 6.26. The molecule has 1 aromatic carbocycles. The van der Waals surface area contributed by atoms with Crippen molar-refractivity contribution in [2.75, 3.05) is 24.7 Å². The van der Waals surface area contributed by atoms with E-state index in [0.717, 1.165) is 15.5 Å². The van der Waals surface area contributed by atoms with Crippen LogP contribution in [0.1, 0.15) is 17.7 Å². The van der Waals surface area contributed by atoms with Gasteiger partial charge in [0, 0.05) is 22.9 Å². The van der Waals surface area contributed by atoms with E-state index in [1.807, 2.05) is 43.5 Å². The lowest BCUT2D eigenvalue weighted by molar-refractivity contribution is -0.120. The number of carbonyl (C=O) groups excluding carboxylic acids is 1. The van der Waals surface area contributed by atoms with Gasteiger partial charge in [-0.3, -0.25) is 4.79 Å². The van der Waals surface area contributed by atoms with E-state index < -0.39 is 10.0 Å². The fourth-order valence-electron chi connectivity index (χ4n) is 3.04. The highest BCUT2D eigenvalue weighted by Gasteiger charge is 2.34. The Balaban J connectivity index is 1.73. The smallest absolute Gasteiger partial charge is 0.252 e. The summed E-state index contributed by atoms with van der Waals surface area (Å²) in [4.78, 5) is 14.7. The zero-order chi connectivity index (χ0) is 18.7. The van der Waals surface area contributed by atoms with Crippen LogP contribution < -0.4 is 5.32 Å². The summed E-state index contributed by atoms with van der Waals surface area (Å²) >= 11 is 2.84. The summed E-state index contributed by atoms with van der Waals surface area (Å²) in [5, 5.41) is 2.97. The summed E-state index contributed by atoms with van der Waals surface area (Å²) in [5.74, 6) is -0.455. The predicted molar refractivity (Wildman–Crippen MR) is 107 cm³/mol. The maximum atomic E-state index is 12.8. The third kappa shape index (κ3) is 4.14. The van der Waals surface area contributed by atoms with Crippen molar-refractivity contribution >= 4 is 44.7 Å². The number of hydrogen-bond donors (Lipinski definition) is 1. The molecule has 1 aliphatic rings. The Bertz CT molecular complexity index is 893. The van der Waals surface area contributed by atoms with E-state index in [9.17, 15) is 13.2 Å². The Morgan fingerprint density at radius 3 is 2.73 bits per heavy atom. The second kappa shape index (κ2) is 8.12. The highest BCUT2D eigenvalue weighted by Crippen LogP contribution is 2.30. The minimum absolute atomic E-state index is 0.117. The van der Waals surface area contributed by atoms with Gasteiger partial charge in [0.25, 0.3) is 10.0 Å². The van der Waals surface area contributed by atoms with Gasteiger partial charge >= 0.3 is 0 Å².